The summed E-state index contributed by atoms with van der Waals surface area (Å²) in [4.78, 5) is 10.3. The first kappa shape index (κ1) is 19.9. The first-order valence-electron chi connectivity index (χ1n) is 8.47. The molecule has 0 N–H and O–H groups in total. The lowest BCUT2D eigenvalue weighted by Gasteiger charge is -2.36. The van der Waals surface area contributed by atoms with Gasteiger partial charge in [-0.15, -0.1) is 0 Å². The van der Waals surface area contributed by atoms with E-state index in [1.54, 1.807) is 6.20 Å². The SMILES string of the molecule is Cc1ccc(CO[Si](C)(C)C(C)(C)C)cc1N(C)c1ccnc(Cl)n1. The Morgan fingerprint density at radius 1 is 1.20 bits per heavy atom. The van der Waals surface area contributed by atoms with Crippen LogP contribution in [0.3, 0.4) is 0 Å². The van der Waals surface area contributed by atoms with Crippen LogP contribution in [0.2, 0.25) is 23.4 Å². The molecule has 0 aliphatic rings. The molecule has 25 heavy (non-hydrogen) atoms. The van der Waals surface area contributed by atoms with Gasteiger partial charge in [0.15, 0.2) is 8.32 Å². The number of hydrogen-bond donors (Lipinski definition) is 0. The average molecular weight is 378 g/mol. The van der Waals surface area contributed by atoms with Crippen molar-refractivity contribution in [3.63, 3.8) is 0 Å². The van der Waals surface area contributed by atoms with E-state index in [1.807, 2.05) is 18.0 Å². The summed E-state index contributed by atoms with van der Waals surface area (Å²) in [6.07, 6.45) is 1.67. The minimum absolute atomic E-state index is 0.203. The highest BCUT2D eigenvalue weighted by molar-refractivity contribution is 6.74. The van der Waals surface area contributed by atoms with E-state index >= 15 is 0 Å². The number of aryl methyl sites for hydroxylation is 1. The van der Waals surface area contributed by atoms with Crippen LogP contribution >= 0.6 is 11.6 Å². The van der Waals surface area contributed by atoms with Gasteiger partial charge < -0.3 is 9.33 Å². The molecule has 0 saturated heterocycles. The van der Waals surface area contributed by atoms with E-state index in [2.05, 4.69) is 69.0 Å². The van der Waals surface area contributed by atoms with Crippen LogP contribution in [0.5, 0.6) is 0 Å². The zero-order valence-electron chi connectivity index (χ0n) is 16.2. The number of anilines is 2. The predicted octanol–water partition coefficient (Wildman–Crippen LogP) is 5.73. The fourth-order valence-corrected chi connectivity index (χ4v) is 3.33. The summed E-state index contributed by atoms with van der Waals surface area (Å²) in [5, 5.41) is 0.453. The molecule has 6 heteroatoms. The van der Waals surface area contributed by atoms with Gasteiger partial charge in [-0.3, -0.25) is 0 Å². The van der Waals surface area contributed by atoms with E-state index in [9.17, 15) is 0 Å². The van der Waals surface area contributed by atoms with Crippen molar-refractivity contribution in [2.75, 3.05) is 11.9 Å². The minimum atomic E-state index is -1.77. The molecule has 0 amide bonds. The molecule has 0 saturated carbocycles. The summed E-state index contributed by atoms with van der Waals surface area (Å²) < 4.78 is 6.35. The maximum absolute atomic E-state index is 6.35. The van der Waals surface area contributed by atoms with E-state index in [0.717, 1.165) is 17.1 Å². The van der Waals surface area contributed by atoms with Gasteiger partial charge in [0.05, 0.1) is 6.61 Å². The number of rotatable bonds is 5. The van der Waals surface area contributed by atoms with Crippen LogP contribution < -0.4 is 4.90 Å². The van der Waals surface area contributed by atoms with Gasteiger partial charge in [-0.25, -0.2) is 9.97 Å². The highest BCUT2D eigenvalue weighted by Gasteiger charge is 2.37. The molecular formula is C19H28ClN3OSi. The first-order valence-corrected chi connectivity index (χ1v) is 11.8. The third-order valence-electron chi connectivity index (χ3n) is 5.00. The second kappa shape index (κ2) is 7.44. The zero-order chi connectivity index (χ0) is 18.8. The highest BCUT2D eigenvalue weighted by Crippen LogP contribution is 2.37. The predicted molar refractivity (Wildman–Crippen MR) is 108 cm³/mol. The fraction of sp³-hybridized carbons (Fsp3) is 0.474. The Labute approximate surface area is 157 Å². The molecule has 0 aliphatic carbocycles. The quantitative estimate of drug-likeness (QED) is 0.492. The van der Waals surface area contributed by atoms with Crippen LogP contribution in [0.25, 0.3) is 0 Å². The molecule has 136 valence electrons. The van der Waals surface area contributed by atoms with Crippen LogP contribution in [0.15, 0.2) is 30.5 Å². The van der Waals surface area contributed by atoms with Crippen molar-refractivity contribution in [1.29, 1.82) is 0 Å². The average Bonchev–Trinajstić information content (AvgIpc) is 2.52. The molecule has 4 nitrogen and oxygen atoms in total. The summed E-state index contributed by atoms with van der Waals surface area (Å²) in [6.45, 7) is 14.0. The lowest BCUT2D eigenvalue weighted by atomic mass is 10.1. The Morgan fingerprint density at radius 3 is 2.48 bits per heavy atom. The van der Waals surface area contributed by atoms with Crippen LogP contribution in [0.4, 0.5) is 11.5 Å². The smallest absolute Gasteiger partial charge is 0.224 e. The molecule has 1 aromatic carbocycles. The maximum atomic E-state index is 6.35. The second-order valence-corrected chi connectivity index (χ2v) is 13.1. The van der Waals surface area contributed by atoms with Crippen LogP contribution in [0.1, 0.15) is 31.9 Å². The molecule has 1 heterocycles. The summed E-state index contributed by atoms with van der Waals surface area (Å²) in [5.41, 5.74) is 3.43. The van der Waals surface area contributed by atoms with Crippen LogP contribution in [-0.4, -0.2) is 25.3 Å². The van der Waals surface area contributed by atoms with Gasteiger partial charge in [0.1, 0.15) is 5.82 Å². The van der Waals surface area contributed by atoms with Gasteiger partial charge in [-0.1, -0.05) is 32.9 Å². The second-order valence-electron chi connectivity index (χ2n) is 7.91. The molecule has 2 aromatic rings. The standard InChI is InChI=1S/C19H28ClN3OSi/c1-14-8-9-15(13-24-25(6,7)19(2,3)4)12-16(14)23(5)17-10-11-21-18(20)22-17/h8-12H,13H2,1-7H3. The van der Waals surface area contributed by atoms with Gasteiger partial charge in [0.2, 0.25) is 5.28 Å². The van der Waals surface area contributed by atoms with E-state index in [4.69, 9.17) is 16.0 Å². The molecule has 0 fully saturated rings. The molecule has 0 bridgehead atoms. The lowest BCUT2D eigenvalue weighted by molar-refractivity contribution is 0.276. The van der Waals surface area contributed by atoms with Crippen molar-refractivity contribution in [2.24, 2.45) is 0 Å². The van der Waals surface area contributed by atoms with Gasteiger partial charge in [0.25, 0.3) is 0 Å². The van der Waals surface area contributed by atoms with Crippen LogP contribution in [-0.2, 0) is 11.0 Å². The molecule has 0 atom stereocenters. The number of benzene rings is 1. The summed E-state index contributed by atoms with van der Waals surface area (Å²) >= 11 is 5.93. The molecule has 0 radical (unpaired) electrons. The van der Waals surface area contributed by atoms with Crippen molar-refractivity contribution < 1.29 is 4.43 Å². The normalized spacial score (nSPS) is 12.3. The molecule has 2 rings (SSSR count). The van der Waals surface area contributed by atoms with Crippen molar-refractivity contribution in [2.45, 2.75) is 52.4 Å². The van der Waals surface area contributed by atoms with Gasteiger partial charge >= 0.3 is 0 Å². The van der Waals surface area contributed by atoms with E-state index in [1.165, 1.54) is 5.56 Å². The van der Waals surface area contributed by atoms with Gasteiger partial charge in [-0.2, -0.15) is 0 Å². The Kier molecular flexibility index (Phi) is 5.92. The highest BCUT2D eigenvalue weighted by atomic mass is 35.5. The molecule has 0 aliphatic heterocycles. The van der Waals surface area contributed by atoms with Crippen molar-refractivity contribution in [3.8, 4) is 0 Å². The summed E-state index contributed by atoms with van der Waals surface area (Å²) in [7, 11) is 0.217. The zero-order valence-corrected chi connectivity index (χ0v) is 18.0. The Bertz CT molecular complexity index is 744. The molecule has 0 unspecified atom stereocenters. The van der Waals surface area contributed by atoms with E-state index in [-0.39, 0.29) is 10.3 Å². The Morgan fingerprint density at radius 2 is 1.88 bits per heavy atom. The first-order chi connectivity index (χ1) is 11.5. The number of nitrogens with zero attached hydrogens (tertiary/aromatic N) is 3. The number of hydrogen-bond acceptors (Lipinski definition) is 4. The number of aromatic nitrogens is 2. The van der Waals surface area contributed by atoms with E-state index < -0.39 is 8.32 Å². The van der Waals surface area contributed by atoms with Crippen molar-refractivity contribution >= 4 is 31.4 Å². The summed E-state index contributed by atoms with van der Waals surface area (Å²) in [6, 6.07) is 8.27. The summed E-state index contributed by atoms with van der Waals surface area (Å²) in [5.74, 6) is 0.769. The largest absolute Gasteiger partial charge is 0.413 e. The third-order valence-corrected chi connectivity index (χ3v) is 9.66. The van der Waals surface area contributed by atoms with E-state index in [0.29, 0.717) is 6.61 Å². The number of halogens is 1. The van der Waals surface area contributed by atoms with Gasteiger partial charge in [0, 0.05) is 18.9 Å². The minimum Gasteiger partial charge on any atom is -0.413 e. The van der Waals surface area contributed by atoms with Crippen LogP contribution in [0, 0.1) is 6.92 Å². The lowest BCUT2D eigenvalue weighted by Crippen LogP contribution is -2.40. The van der Waals surface area contributed by atoms with Crippen molar-refractivity contribution in [3.05, 3.63) is 46.9 Å². The fourth-order valence-electron chi connectivity index (χ4n) is 2.22. The molecule has 0 spiro atoms. The molecular weight excluding hydrogens is 350 g/mol. The maximum Gasteiger partial charge on any atom is 0.224 e. The Balaban J connectivity index is 2.23. The Hall–Kier alpha value is -1.43. The van der Waals surface area contributed by atoms with Gasteiger partial charge in [-0.05, 0) is 59.9 Å². The topological polar surface area (TPSA) is 38.2 Å². The molecule has 1 aromatic heterocycles. The third kappa shape index (κ3) is 4.81. The monoisotopic (exact) mass is 377 g/mol. The van der Waals surface area contributed by atoms with Crippen molar-refractivity contribution in [1.82, 2.24) is 9.97 Å².